The predicted molar refractivity (Wildman–Crippen MR) is 129 cm³/mol. The molecule has 0 aliphatic rings. The Morgan fingerprint density at radius 3 is 2.27 bits per heavy atom. The van der Waals surface area contributed by atoms with Gasteiger partial charge >= 0.3 is 0 Å². The van der Waals surface area contributed by atoms with Gasteiger partial charge in [0.25, 0.3) is 5.91 Å². The first-order valence-electron chi connectivity index (χ1n) is 9.68. The second-order valence-corrected chi connectivity index (χ2v) is 9.28. The minimum atomic E-state index is -0.388. The summed E-state index contributed by atoms with van der Waals surface area (Å²) in [5, 5.41) is 3.01. The summed E-state index contributed by atoms with van der Waals surface area (Å²) in [6, 6.07) is 27.1. The lowest BCUT2D eigenvalue weighted by Gasteiger charge is -2.09. The molecule has 5 aromatic rings. The van der Waals surface area contributed by atoms with E-state index in [0.717, 1.165) is 42.1 Å². The number of hydrogen-bond donors (Lipinski definition) is 1. The molecule has 0 bridgehead atoms. The SMILES string of the molecule is Cc1ccc(-c2cc(-c3cccs3)c3c(C(N)=O)c(-c4ccccc4)sc3c2)cc1. The molecule has 146 valence electrons. The number of aryl methyl sites for hydroxylation is 1. The van der Waals surface area contributed by atoms with Gasteiger partial charge in [0.15, 0.2) is 0 Å². The van der Waals surface area contributed by atoms with Gasteiger partial charge in [-0.1, -0.05) is 66.2 Å². The lowest BCUT2D eigenvalue weighted by Crippen LogP contribution is -2.11. The maximum Gasteiger partial charge on any atom is 0.250 e. The number of hydrogen-bond acceptors (Lipinski definition) is 3. The van der Waals surface area contributed by atoms with E-state index in [9.17, 15) is 4.79 Å². The van der Waals surface area contributed by atoms with E-state index in [2.05, 4.69) is 54.8 Å². The van der Waals surface area contributed by atoms with Crippen LogP contribution in [0.15, 0.2) is 84.2 Å². The molecule has 2 heterocycles. The normalized spacial score (nSPS) is 11.1. The van der Waals surface area contributed by atoms with E-state index in [1.165, 1.54) is 5.56 Å². The Balaban J connectivity index is 1.86. The van der Waals surface area contributed by atoms with Crippen molar-refractivity contribution < 1.29 is 4.79 Å². The number of carbonyl (C=O) groups is 1. The standard InChI is InChI=1S/C26H19NOS2/c1-16-9-11-17(12-10-16)19-14-20(21-8-5-13-29-21)23-22(15-19)30-25(24(23)26(27)28)18-6-3-2-4-7-18/h2-15H,1H3,(H2,27,28). The highest BCUT2D eigenvalue weighted by atomic mass is 32.1. The lowest BCUT2D eigenvalue weighted by atomic mass is 9.95. The zero-order valence-electron chi connectivity index (χ0n) is 16.4. The first-order valence-corrected chi connectivity index (χ1v) is 11.4. The molecule has 30 heavy (non-hydrogen) atoms. The molecule has 0 saturated heterocycles. The van der Waals surface area contributed by atoms with Crippen molar-refractivity contribution in [2.45, 2.75) is 6.92 Å². The van der Waals surface area contributed by atoms with Crippen LogP contribution in [0.1, 0.15) is 15.9 Å². The third kappa shape index (κ3) is 3.24. The zero-order valence-corrected chi connectivity index (χ0v) is 18.0. The van der Waals surface area contributed by atoms with Gasteiger partial charge < -0.3 is 5.73 Å². The molecular formula is C26H19NOS2. The molecule has 3 aromatic carbocycles. The molecule has 5 rings (SSSR count). The van der Waals surface area contributed by atoms with Crippen LogP contribution in [0.2, 0.25) is 0 Å². The van der Waals surface area contributed by atoms with Crippen molar-refractivity contribution in [1.29, 1.82) is 0 Å². The number of fused-ring (bicyclic) bond motifs is 1. The van der Waals surface area contributed by atoms with Gasteiger partial charge in [0.05, 0.1) is 5.56 Å². The number of amides is 1. The molecule has 0 radical (unpaired) electrons. The van der Waals surface area contributed by atoms with Crippen molar-refractivity contribution >= 4 is 38.7 Å². The van der Waals surface area contributed by atoms with Crippen LogP contribution in [0, 0.1) is 6.92 Å². The van der Waals surface area contributed by atoms with Gasteiger partial charge in [-0.05, 0) is 47.2 Å². The second kappa shape index (κ2) is 7.56. The predicted octanol–water partition coefficient (Wildman–Crippen LogP) is 7.37. The fraction of sp³-hybridized carbons (Fsp3) is 0.0385. The van der Waals surface area contributed by atoms with Crippen LogP contribution < -0.4 is 5.73 Å². The van der Waals surface area contributed by atoms with Crippen molar-refractivity contribution in [3.63, 3.8) is 0 Å². The molecular weight excluding hydrogens is 406 g/mol. The van der Waals surface area contributed by atoms with E-state index in [4.69, 9.17) is 5.73 Å². The molecule has 2 N–H and O–H groups in total. The summed E-state index contributed by atoms with van der Waals surface area (Å²) < 4.78 is 1.07. The van der Waals surface area contributed by atoms with Gasteiger partial charge in [-0.2, -0.15) is 0 Å². The van der Waals surface area contributed by atoms with Crippen LogP contribution in [0.25, 0.3) is 42.1 Å². The smallest absolute Gasteiger partial charge is 0.250 e. The Kier molecular flexibility index (Phi) is 4.74. The van der Waals surface area contributed by atoms with Crippen LogP contribution in [-0.4, -0.2) is 5.91 Å². The molecule has 0 fully saturated rings. The average Bonchev–Trinajstić information content (AvgIpc) is 3.42. The summed E-state index contributed by atoms with van der Waals surface area (Å²) >= 11 is 3.31. The molecule has 0 saturated carbocycles. The van der Waals surface area contributed by atoms with Crippen molar-refractivity contribution in [3.05, 3.63) is 95.4 Å². The minimum Gasteiger partial charge on any atom is -0.366 e. The van der Waals surface area contributed by atoms with Crippen LogP contribution in [0.3, 0.4) is 0 Å². The summed E-state index contributed by atoms with van der Waals surface area (Å²) in [6.45, 7) is 2.09. The first-order chi connectivity index (χ1) is 14.6. The molecule has 4 heteroatoms. The summed E-state index contributed by atoms with van der Waals surface area (Å²) in [5.41, 5.74) is 12.1. The van der Waals surface area contributed by atoms with Gasteiger partial charge in [-0.25, -0.2) is 0 Å². The molecule has 0 spiro atoms. The van der Waals surface area contributed by atoms with Crippen LogP contribution in [0.5, 0.6) is 0 Å². The van der Waals surface area contributed by atoms with Gasteiger partial charge in [0.1, 0.15) is 0 Å². The summed E-state index contributed by atoms with van der Waals surface area (Å²) in [6.07, 6.45) is 0. The number of benzene rings is 3. The molecule has 0 unspecified atom stereocenters. The van der Waals surface area contributed by atoms with Crippen molar-refractivity contribution in [1.82, 2.24) is 0 Å². The first kappa shape index (κ1) is 18.8. The van der Waals surface area contributed by atoms with Gasteiger partial charge in [-0.3, -0.25) is 4.79 Å². The highest BCUT2D eigenvalue weighted by Crippen LogP contribution is 2.45. The van der Waals surface area contributed by atoms with Crippen molar-refractivity contribution in [3.8, 4) is 32.0 Å². The maximum absolute atomic E-state index is 12.6. The average molecular weight is 426 g/mol. The Labute approximate surface area is 183 Å². The third-order valence-electron chi connectivity index (χ3n) is 5.25. The van der Waals surface area contributed by atoms with E-state index in [-0.39, 0.29) is 5.91 Å². The van der Waals surface area contributed by atoms with E-state index < -0.39 is 0 Å². The fourth-order valence-electron chi connectivity index (χ4n) is 3.80. The molecule has 0 aliphatic heterocycles. The zero-order chi connectivity index (χ0) is 20.7. The van der Waals surface area contributed by atoms with E-state index >= 15 is 0 Å². The van der Waals surface area contributed by atoms with E-state index in [1.54, 1.807) is 22.7 Å². The van der Waals surface area contributed by atoms with Gasteiger partial charge in [0, 0.05) is 25.4 Å². The van der Waals surface area contributed by atoms with Crippen molar-refractivity contribution in [2.75, 3.05) is 0 Å². The monoisotopic (exact) mass is 425 g/mol. The number of carbonyl (C=O) groups excluding carboxylic acids is 1. The molecule has 2 nitrogen and oxygen atoms in total. The quantitative estimate of drug-likeness (QED) is 0.321. The van der Waals surface area contributed by atoms with Crippen LogP contribution >= 0.6 is 22.7 Å². The second-order valence-electron chi connectivity index (χ2n) is 7.28. The minimum absolute atomic E-state index is 0.388. The van der Waals surface area contributed by atoms with E-state index in [0.29, 0.717) is 5.56 Å². The van der Waals surface area contributed by atoms with Crippen molar-refractivity contribution in [2.24, 2.45) is 5.73 Å². The van der Waals surface area contributed by atoms with Crippen LogP contribution in [-0.2, 0) is 0 Å². The highest BCUT2D eigenvalue weighted by Gasteiger charge is 2.22. The summed E-state index contributed by atoms with van der Waals surface area (Å²) in [4.78, 5) is 14.7. The number of nitrogens with two attached hydrogens (primary N) is 1. The Hall–Kier alpha value is -3.21. The summed E-state index contributed by atoms with van der Waals surface area (Å²) in [7, 11) is 0. The Morgan fingerprint density at radius 1 is 0.833 bits per heavy atom. The fourth-order valence-corrected chi connectivity index (χ4v) is 5.82. The highest BCUT2D eigenvalue weighted by molar-refractivity contribution is 7.23. The van der Waals surface area contributed by atoms with E-state index in [1.807, 2.05) is 36.4 Å². The van der Waals surface area contributed by atoms with Crippen LogP contribution in [0.4, 0.5) is 0 Å². The number of rotatable bonds is 4. The number of primary amides is 1. The Morgan fingerprint density at radius 2 is 1.60 bits per heavy atom. The molecule has 2 aromatic heterocycles. The Bertz CT molecular complexity index is 1350. The molecule has 0 atom stereocenters. The molecule has 1 amide bonds. The van der Waals surface area contributed by atoms with Gasteiger partial charge in [0.2, 0.25) is 0 Å². The summed E-state index contributed by atoms with van der Waals surface area (Å²) in [5.74, 6) is -0.388. The van der Waals surface area contributed by atoms with Gasteiger partial charge in [-0.15, -0.1) is 22.7 Å². The largest absolute Gasteiger partial charge is 0.366 e. The molecule has 0 aliphatic carbocycles. The lowest BCUT2D eigenvalue weighted by molar-refractivity contribution is 0.100. The topological polar surface area (TPSA) is 43.1 Å². The third-order valence-corrected chi connectivity index (χ3v) is 7.33. The maximum atomic E-state index is 12.6. The number of thiophene rings is 2.